The summed E-state index contributed by atoms with van der Waals surface area (Å²) in [6, 6.07) is 9.71. The van der Waals surface area contributed by atoms with Crippen LogP contribution in [0.1, 0.15) is 5.76 Å². The molecule has 0 unspecified atom stereocenters. The Bertz CT molecular complexity index is 759. The van der Waals surface area contributed by atoms with Crippen molar-refractivity contribution in [1.29, 1.82) is 0 Å². The maximum atomic E-state index is 5.66. The summed E-state index contributed by atoms with van der Waals surface area (Å²) in [6.45, 7) is 0. The molecule has 0 atom stereocenters. The van der Waals surface area contributed by atoms with Gasteiger partial charge >= 0.3 is 0 Å². The highest BCUT2D eigenvalue weighted by Crippen LogP contribution is 2.34. The molecule has 0 bridgehead atoms. The standard InChI is InChI=1S/C15H13NO3/c1-17-8-7-10-9-12-14(18-2)11-5-3-4-6-13(11)16-15(12)19-10/h3-9H,1-2H3/b8-7+. The van der Waals surface area contributed by atoms with E-state index in [2.05, 4.69) is 4.98 Å². The fraction of sp³-hybridized carbons (Fsp3) is 0.133. The molecular weight excluding hydrogens is 242 g/mol. The van der Waals surface area contributed by atoms with Gasteiger partial charge in [-0.3, -0.25) is 0 Å². The van der Waals surface area contributed by atoms with Crippen molar-refractivity contribution < 1.29 is 13.9 Å². The molecule has 3 rings (SSSR count). The van der Waals surface area contributed by atoms with E-state index in [1.165, 1.54) is 0 Å². The second-order valence-corrected chi connectivity index (χ2v) is 4.07. The number of nitrogens with zero attached hydrogens (tertiary/aromatic N) is 1. The first-order valence-corrected chi connectivity index (χ1v) is 5.89. The zero-order valence-corrected chi connectivity index (χ0v) is 10.7. The van der Waals surface area contributed by atoms with Crippen LogP contribution in [-0.2, 0) is 4.74 Å². The Morgan fingerprint density at radius 3 is 2.79 bits per heavy atom. The van der Waals surface area contributed by atoms with E-state index in [0.717, 1.165) is 22.0 Å². The lowest BCUT2D eigenvalue weighted by atomic mass is 10.1. The molecule has 4 nitrogen and oxygen atoms in total. The largest absolute Gasteiger partial charge is 0.504 e. The minimum Gasteiger partial charge on any atom is -0.504 e. The number of furan rings is 1. The Morgan fingerprint density at radius 1 is 1.16 bits per heavy atom. The number of benzene rings is 1. The number of aromatic nitrogens is 1. The lowest BCUT2D eigenvalue weighted by molar-refractivity contribution is 0.340. The summed E-state index contributed by atoms with van der Waals surface area (Å²) in [5, 5.41) is 1.83. The molecule has 0 radical (unpaired) electrons. The second kappa shape index (κ2) is 4.65. The van der Waals surface area contributed by atoms with Gasteiger partial charge in [0, 0.05) is 11.5 Å². The number of ether oxygens (including phenoxy) is 2. The zero-order valence-electron chi connectivity index (χ0n) is 10.7. The third kappa shape index (κ3) is 1.91. The van der Waals surface area contributed by atoms with Crippen LogP contribution in [0.5, 0.6) is 5.75 Å². The van der Waals surface area contributed by atoms with E-state index >= 15 is 0 Å². The number of fused-ring (bicyclic) bond motifs is 2. The van der Waals surface area contributed by atoms with E-state index < -0.39 is 0 Å². The summed E-state index contributed by atoms with van der Waals surface area (Å²) in [6.07, 6.45) is 3.30. The number of rotatable bonds is 3. The lowest BCUT2D eigenvalue weighted by Crippen LogP contribution is -1.88. The van der Waals surface area contributed by atoms with Crippen molar-refractivity contribution in [2.45, 2.75) is 0 Å². The molecule has 0 fully saturated rings. The average Bonchev–Trinajstić information content (AvgIpc) is 2.84. The Labute approximate surface area is 110 Å². The van der Waals surface area contributed by atoms with Gasteiger partial charge in [0.2, 0.25) is 5.71 Å². The van der Waals surface area contributed by atoms with Crippen LogP contribution in [0, 0.1) is 0 Å². The third-order valence-corrected chi connectivity index (χ3v) is 2.92. The van der Waals surface area contributed by atoms with Crippen LogP contribution in [0.3, 0.4) is 0 Å². The normalized spacial score (nSPS) is 11.5. The molecule has 2 aromatic heterocycles. The molecule has 0 aliphatic carbocycles. The maximum Gasteiger partial charge on any atom is 0.231 e. The smallest absolute Gasteiger partial charge is 0.231 e. The summed E-state index contributed by atoms with van der Waals surface area (Å²) in [4.78, 5) is 4.49. The topological polar surface area (TPSA) is 44.5 Å². The maximum absolute atomic E-state index is 5.66. The van der Waals surface area contributed by atoms with Crippen LogP contribution in [0.25, 0.3) is 28.1 Å². The third-order valence-electron chi connectivity index (χ3n) is 2.92. The van der Waals surface area contributed by atoms with Gasteiger partial charge in [0.15, 0.2) is 0 Å². The molecule has 4 heteroatoms. The molecule has 96 valence electrons. The van der Waals surface area contributed by atoms with Crippen LogP contribution in [0.4, 0.5) is 0 Å². The van der Waals surface area contributed by atoms with E-state index in [-0.39, 0.29) is 0 Å². The monoisotopic (exact) mass is 255 g/mol. The summed E-state index contributed by atoms with van der Waals surface area (Å²) >= 11 is 0. The van der Waals surface area contributed by atoms with Crippen LogP contribution in [0.15, 0.2) is 41.0 Å². The summed E-state index contributed by atoms with van der Waals surface area (Å²) in [7, 11) is 3.24. The molecule has 0 saturated heterocycles. The molecule has 0 amide bonds. The van der Waals surface area contributed by atoms with Crippen molar-refractivity contribution in [3.8, 4) is 5.75 Å². The van der Waals surface area contributed by atoms with Crippen molar-refractivity contribution in [3.05, 3.63) is 42.4 Å². The quantitative estimate of drug-likeness (QED) is 0.671. The highest BCUT2D eigenvalue weighted by molar-refractivity contribution is 5.99. The highest BCUT2D eigenvalue weighted by atomic mass is 16.5. The first-order valence-electron chi connectivity index (χ1n) is 5.89. The van der Waals surface area contributed by atoms with Gasteiger partial charge in [-0.1, -0.05) is 12.1 Å². The fourth-order valence-corrected chi connectivity index (χ4v) is 2.10. The number of hydrogen-bond donors (Lipinski definition) is 0. The molecule has 0 N–H and O–H groups in total. The van der Waals surface area contributed by atoms with Crippen molar-refractivity contribution in [3.63, 3.8) is 0 Å². The Morgan fingerprint density at radius 2 is 2.00 bits per heavy atom. The van der Waals surface area contributed by atoms with Gasteiger partial charge in [-0.15, -0.1) is 0 Å². The highest BCUT2D eigenvalue weighted by Gasteiger charge is 2.13. The fourth-order valence-electron chi connectivity index (χ4n) is 2.10. The molecule has 0 aliphatic heterocycles. The number of hydrogen-bond acceptors (Lipinski definition) is 4. The lowest BCUT2D eigenvalue weighted by Gasteiger charge is -2.05. The van der Waals surface area contributed by atoms with Crippen LogP contribution < -0.4 is 4.74 Å². The number of para-hydroxylation sites is 1. The second-order valence-electron chi connectivity index (χ2n) is 4.07. The van der Waals surface area contributed by atoms with Gasteiger partial charge in [0.25, 0.3) is 0 Å². The average molecular weight is 255 g/mol. The van der Waals surface area contributed by atoms with Gasteiger partial charge in [-0.25, -0.2) is 4.98 Å². The van der Waals surface area contributed by atoms with Gasteiger partial charge in [-0.05, 0) is 18.2 Å². The van der Waals surface area contributed by atoms with Crippen molar-refractivity contribution >= 4 is 28.1 Å². The molecule has 0 saturated carbocycles. The number of methoxy groups -OCH3 is 2. The molecule has 0 spiro atoms. The Kier molecular flexibility index (Phi) is 2.83. The van der Waals surface area contributed by atoms with Crippen molar-refractivity contribution in [2.24, 2.45) is 0 Å². The van der Waals surface area contributed by atoms with E-state index in [9.17, 15) is 0 Å². The van der Waals surface area contributed by atoms with E-state index in [1.807, 2.05) is 30.3 Å². The molecular formula is C15H13NO3. The van der Waals surface area contributed by atoms with Crippen LogP contribution >= 0.6 is 0 Å². The minimum atomic E-state index is 0.561. The van der Waals surface area contributed by atoms with Gasteiger partial charge in [0.05, 0.1) is 31.4 Å². The van der Waals surface area contributed by atoms with Crippen molar-refractivity contribution in [2.75, 3.05) is 14.2 Å². The Hall–Kier alpha value is -2.49. The van der Waals surface area contributed by atoms with Crippen molar-refractivity contribution in [1.82, 2.24) is 4.98 Å². The Balaban J connectivity index is 2.31. The summed E-state index contributed by atoms with van der Waals surface area (Å²) in [5.41, 5.74) is 1.41. The van der Waals surface area contributed by atoms with Gasteiger partial charge in [0.1, 0.15) is 11.5 Å². The SMILES string of the molecule is CO/C=C/c1cc2c(OC)c3ccccc3nc2o1. The predicted octanol–water partition coefficient (Wildman–Crippen LogP) is 3.61. The number of pyridine rings is 1. The van der Waals surface area contributed by atoms with E-state index in [1.54, 1.807) is 26.6 Å². The zero-order chi connectivity index (χ0) is 13.2. The summed E-state index contributed by atoms with van der Waals surface area (Å²) < 4.78 is 16.0. The van der Waals surface area contributed by atoms with Gasteiger partial charge in [-0.2, -0.15) is 0 Å². The minimum absolute atomic E-state index is 0.561. The molecule has 19 heavy (non-hydrogen) atoms. The van der Waals surface area contributed by atoms with E-state index in [0.29, 0.717) is 11.5 Å². The van der Waals surface area contributed by atoms with Crippen LogP contribution in [0.2, 0.25) is 0 Å². The molecule has 1 aromatic carbocycles. The first kappa shape index (κ1) is 11.6. The first-order chi connectivity index (χ1) is 9.33. The predicted molar refractivity (Wildman–Crippen MR) is 74.1 cm³/mol. The molecule has 2 heterocycles. The van der Waals surface area contributed by atoms with Gasteiger partial charge < -0.3 is 13.9 Å². The molecule has 3 aromatic rings. The van der Waals surface area contributed by atoms with Crippen LogP contribution in [-0.4, -0.2) is 19.2 Å². The molecule has 0 aliphatic rings. The summed E-state index contributed by atoms with van der Waals surface area (Å²) in [5.74, 6) is 1.46. The van der Waals surface area contributed by atoms with E-state index in [4.69, 9.17) is 13.9 Å².